The van der Waals surface area contributed by atoms with E-state index in [2.05, 4.69) is 35.3 Å². The molecule has 1 atom stereocenters. The Balaban J connectivity index is 2.11. The average molecular weight is 256 g/mol. The van der Waals surface area contributed by atoms with Gasteiger partial charge in [-0.3, -0.25) is 0 Å². The Bertz CT molecular complexity index is 505. The van der Waals surface area contributed by atoms with E-state index < -0.39 is 0 Å². The fraction of sp³-hybridized carbons (Fsp3) is 0.375. The van der Waals surface area contributed by atoms with Crippen LogP contribution in [0.1, 0.15) is 36.2 Å². The first-order chi connectivity index (χ1) is 9.22. The Morgan fingerprint density at radius 2 is 1.79 bits per heavy atom. The molecule has 3 nitrogen and oxygen atoms in total. The van der Waals surface area contributed by atoms with E-state index in [1.165, 1.54) is 5.56 Å². The normalized spacial score (nSPS) is 12.2. The molecule has 0 spiro atoms. The molecule has 0 radical (unpaired) electrons. The van der Waals surface area contributed by atoms with Crippen LogP contribution in [0.3, 0.4) is 0 Å². The van der Waals surface area contributed by atoms with E-state index >= 15 is 0 Å². The Morgan fingerprint density at radius 1 is 1.05 bits per heavy atom. The monoisotopic (exact) mass is 256 g/mol. The van der Waals surface area contributed by atoms with Gasteiger partial charge in [-0.15, -0.1) is 0 Å². The number of ether oxygens (including phenoxy) is 1. The number of rotatable bonds is 5. The molecule has 0 aliphatic heterocycles. The lowest BCUT2D eigenvalue weighted by atomic mass is 9.93. The summed E-state index contributed by atoms with van der Waals surface area (Å²) in [6, 6.07) is 12.3. The highest BCUT2D eigenvalue weighted by Crippen LogP contribution is 2.23. The minimum atomic E-state index is 0.418. The van der Waals surface area contributed by atoms with Crippen LogP contribution in [-0.4, -0.2) is 17.3 Å². The Labute approximate surface area is 114 Å². The third-order valence-corrected chi connectivity index (χ3v) is 3.37. The molecule has 1 aromatic heterocycles. The fourth-order valence-corrected chi connectivity index (χ4v) is 2.13. The molecule has 0 bridgehead atoms. The molecule has 0 saturated carbocycles. The average Bonchev–Trinajstić information content (AvgIpc) is 2.46. The number of methoxy groups -OCH3 is 1. The van der Waals surface area contributed by atoms with Gasteiger partial charge in [-0.2, -0.15) is 10.2 Å². The molecule has 0 fully saturated rings. The molecular weight excluding hydrogens is 236 g/mol. The van der Waals surface area contributed by atoms with E-state index in [4.69, 9.17) is 4.74 Å². The number of aromatic nitrogens is 2. The van der Waals surface area contributed by atoms with E-state index in [0.717, 1.165) is 30.0 Å². The van der Waals surface area contributed by atoms with Crippen molar-refractivity contribution in [1.82, 2.24) is 10.2 Å². The van der Waals surface area contributed by atoms with Crippen molar-refractivity contribution in [3.8, 4) is 5.75 Å². The maximum Gasteiger partial charge on any atom is 0.118 e. The molecule has 0 N–H and O–H groups in total. The van der Waals surface area contributed by atoms with E-state index in [-0.39, 0.29) is 0 Å². The maximum absolute atomic E-state index is 5.18. The zero-order valence-electron chi connectivity index (χ0n) is 11.8. The Kier molecular flexibility index (Phi) is 4.50. The smallest absolute Gasteiger partial charge is 0.118 e. The number of aryl methyl sites for hydroxylation is 1. The van der Waals surface area contributed by atoms with Crippen LogP contribution in [0, 0.1) is 6.92 Å². The van der Waals surface area contributed by atoms with Crippen LogP contribution >= 0.6 is 0 Å². The summed E-state index contributed by atoms with van der Waals surface area (Å²) in [5, 5.41) is 8.45. The van der Waals surface area contributed by atoms with Gasteiger partial charge in [-0.25, -0.2) is 0 Å². The van der Waals surface area contributed by atoms with E-state index in [1.807, 2.05) is 25.1 Å². The van der Waals surface area contributed by atoms with Crippen molar-refractivity contribution in [3.63, 3.8) is 0 Å². The SMILES string of the molecule is CCC(Cc1ccc(OC)cc1)c1ccc(C)nn1. The molecule has 19 heavy (non-hydrogen) atoms. The summed E-state index contributed by atoms with van der Waals surface area (Å²) >= 11 is 0. The molecule has 2 rings (SSSR count). The first-order valence-electron chi connectivity index (χ1n) is 6.66. The Morgan fingerprint density at radius 3 is 2.32 bits per heavy atom. The van der Waals surface area contributed by atoms with Gasteiger partial charge in [0, 0.05) is 5.92 Å². The number of nitrogens with zero attached hydrogens (tertiary/aromatic N) is 2. The summed E-state index contributed by atoms with van der Waals surface area (Å²) in [7, 11) is 1.69. The number of hydrogen-bond acceptors (Lipinski definition) is 3. The van der Waals surface area contributed by atoms with Gasteiger partial charge in [0.25, 0.3) is 0 Å². The minimum absolute atomic E-state index is 0.418. The second-order valence-electron chi connectivity index (χ2n) is 4.76. The minimum Gasteiger partial charge on any atom is -0.497 e. The lowest BCUT2D eigenvalue weighted by Gasteiger charge is -2.14. The lowest BCUT2D eigenvalue weighted by Crippen LogP contribution is -2.05. The van der Waals surface area contributed by atoms with E-state index in [9.17, 15) is 0 Å². The first kappa shape index (κ1) is 13.5. The quantitative estimate of drug-likeness (QED) is 0.821. The van der Waals surface area contributed by atoms with Crippen LogP contribution in [-0.2, 0) is 6.42 Å². The molecule has 2 aromatic rings. The largest absolute Gasteiger partial charge is 0.497 e. The van der Waals surface area contributed by atoms with Gasteiger partial charge >= 0.3 is 0 Å². The van der Waals surface area contributed by atoms with Crippen LogP contribution < -0.4 is 4.74 Å². The van der Waals surface area contributed by atoms with Crippen LogP contribution in [0.4, 0.5) is 0 Å². The molecular formula is C16H20N2O. The third kappa shape index (κ3) is 3.53. The number of benzene rings is 1. The standard InChI is InChI=1S/C16H20N2O/c1-4-14(16-10-5-12(2)17-18-16)11-13-6-8-15(19-3)9-7-13/h5-10,14H,4,11H2,1-3H3. The van der Waals surface area contributed by atoms with Crippen molar-refractivity contribution in [2.24, 2.45) is 0 Å². The predicted octanol–water partition coefficient (Wildman–Crippen LogP) is 3.53. The molecule has 1 unspecified atom stereocenters. The first-order valence-corrected chi connectivity index (χ1v) is 6.66. The van der Waals surface area contributed by atoms with Crippen LogP contribution in [0.2, 0.25) is 0 Å². The van der Waals surface area contributed by atoms with Gasteiger partial charge in [0.2, 0.25) is 0 Å². The third-order valence-electron chi connectivity index (χ3n) is 3.37. The summed E-state index contributed by atoms with van der Waals surface area (Å²) < 4.78 is 5.18. The molecule has 0 aliphatic carbocycles. The summed E-state index contributed by atoms with van der Waals surface area (Å²) in [5.41, 5.74) is 3.34. The molecule has 0 amide bonds. The highest BCUT2D eigenvalue weighted by molar-refractivity contribution is 5.28. The summed E-state index contributed by atoms with van der Waals surface area (Å²) in [6.07, 6.45) is 2.04. The molecule has 1 heterocycles. The van der Waals surface area contributed by atoms with E-state index in [1.54, 1.807) is 7.11 Å². The summed E-state index contributed by atoms with van der Waals surface area (Å²) in [6.45, 7) is 4.15. The van der Waals surface area contributed by atoms with Gasteiger partial charge in [0.1, 0.15) is 5.75 Å². The topological polar surface area (TPSA) is 35.0 Å². The predicted molar refractivity (Wildman–Crippen MR) is 76.5 cm³/mol. The van der Waals surface area contributed by atoms with Crippen molar-refractivity contribution in [3.05, 3.63) is 53.3 Å². The van der Waals surface area contributed by atoms with Crippen molar-refractivity contribution in [1.29, 1.82) is 0 Å². The van der Waals surface area contributed by atoms with Crippen LogP contribution in [0.25, 0.3) is 0 Å². The van der Waals surface area contributed by atoms with Gasteiger partial charge in [0.15, 0.2) is 0 Å². The van der Waals surface area contributed by atoms with Gasteiger partial charge in [0.05, 0.1) is 18.5 Å². The van der Waals surface area contributed by atoms with E-state index in [0.29, 0.717) is 5.92 Å². The highest BCUT2D eigenvalue weighted by Gasteiger charge is 2.12. The van der Waals surface area contributed by atoms with Crippen molar-refractivity contribution in [2.75, 3.05) is 7.11 Å². The van der Waals surface area contributed by atoms with Crippen LogP contribution in [0.5, 0.6) is 5.75 Å². The molecule has 0 saturated heterocycles. The zero-order chi connectivity index (χ0) is 13.7. The molecule has 100 valence electrons. The fourth-order valence-electron chi connectivity index (χ4n) is 2.13. The molecule has 0 aliphatic rings. The van der Waals surface area contributed by atoms with Crippen molar-refractivity contribution < 1.29 is 4.74 Å². The van der Waals surface area contributed by atoms with Gasteiger partial charge < -0.3 is 4.74 Å². The lowest BCUT2D eigenvalue weighted by molar-refractivity contribution is 0.414. The maximum atomic E-state index is 5.18. The van der Waals surface area contributed by atoms with Crippen molar-refractivity contribution >= 4 is 0 Å². The molecule has 1 aromatic carbocycles. The summed E-state index contributed by atoms with van der Waals surface area (Å²) in [4.78, 5) is 0. The van der Waals surface area contributed by atoms with Crippen molar-refractivity contribution in [2.45, 2.75) is 32.6 Å². The second kappa shape index (κ2) is 6.32. The highest BCUT2D eigenvalue weighted by atomic mass is 16.5. The number of hydrogen-bond donors (Lipinski definition) is 0. The van der Waals surface area contributed by atoms with Crippen LogP contribution in [0.15, 0.2) is 36.4 Å². The summed E-state index contributed by atoms with van der Waals surface area (Å²) in [5.74, 6) is 1.31. The Hall–Kier alpha value is -1.90. The van der Waals surface area contributed by atoms with Gasteiger partial charge in [-0.1, -0.05) is 19.1 Å². The zero-order valence-corrected chi connectivity index (χ0v) is 11.8. The molecule has 3 heteroatoms. The second-order valence-corrected chi connectivity index (χ2v) is 4.76. The van der Waals surface area contributed by atoms with Gasteiger partial charge in [-0.05, 0) is 49.6 Å².